The van der Waals surface area contributed by atoms with Crippen LogP contribution >= 0.6 is 23.4 Å². The Morgan fingerprint density at radius 2 is 1.97 bits per heavy atom. The van der Waals surface area contributed by atoms with E-state index in [0.29, 0.717) is 26.1 Å². The maximum absolute atomic E-state index is 12.9. The van der Waals surface area contributed by atoms with E-state index < -0.39 is 10.0 Å². The minimum absolute atomic E-state index is 0.0971. The van der Waals surface area contributed by atoms with Gasteiger partial charge in [-0.15, -0.1) is 0 Å². The molecule has 164 valence electrons. The summed E-state index contributed by atoms with van der Waals surface area (Å²) in [7, 11) is -3.64. The van der Waals surface area contributed by atoms with E-state index in [9.17, 15) is 13.2 Å². The Morgan fingerprint density at radius 3 is 2.60 bits per heavy atom. The van der Waals surface area contributed by atoms with E-state index in [2.05, 4.69) is 10.4 Å². The number of nitrogens with zero attached hydrogens (tertiary/aromatic N) is 3. The Bertz CT molecular complexity index is 1030. The molecule has 10 heteroatoms. The molecular weight excluding hydrogens is 444 g/mol. The van der Waals surface area contributed by atoms with Gasteiger partial charge in [-0.05, 0) is 51.0 Å². The van der Waals surface area contributed by atoms with Crippen molar-refractivity contribution < 1.29 is 13.2 Å². The van der Waals surface area contributed by atoms with Crippen molar-refractivity contribution in [2.45, 2.75) is 38.6 Å². The van der Waals surface area contributed by atoms with Gasteiger partial charge < -0.3 is 5.32 Å². The number of aromatic nitrogens is 2. The van der Waals surface area contributed by atoms with Crippen molar-refractivity contribution in [2.75, 3.05) is 31.1 Å². The molecule has 3 rings (SSSR count). The highest BCUT2D eigenvalue weighted by Gasteiger charge is 2.27. The summed E-state index contributed by atoms with van der Waals surface area (Å²) in [4.78, 5) is 12.8. The molecule has 2 aromatic rings. The number of nitrogens with one attached hydrogen (secondary N) is 1. The predicted octanol–water partition coefficient (Wildman–Crippen LogP) is 2.88. The minimum Gasteiger partial charge on any atom is -0.352 e. The average molecular weight is 471 g/mol. The fourth-order valence-corrected chi connectivity index (χ4v) is 6.38. The molecule has 1 fully saturated rings. The van der Waals surface area contributed by atoms with Crippen LogP contribution in [-0.2, 0) is 23.0 Å². The summed E-state index contributed by atoms with van der Waals surface area (Å²) in [6.07, 6.45) is 0.643. The maximum atomic E-state index is 12.9. The van der Waals surface area contributed by atoms with Gasteiger partial charge in [-0.25, -0.2) is 8.42 Å². The van der Waals surface area contributed by atoms with Gasteiger partial charge >= 0.3 is 0 Å². The molecule has 2 heterocycles. The molecule has 1 saturated heterocycles. The zero-order valence-electron chi connectivity index (χ0n) is 17.4. The zero-order valence-corrected chi connectivity index (χ0v) is 19.8. The third-order valence-corrected chi connectivity index (χ3v) is 8.45. The summed E-state index contributed by atoms with van der Waals surface area (Å²) in [6, 6.07) is 4.31. The Kier molecular flexibility index (Phi) is 7.49. The van der Waals surface area contributed by atoms with Crippen molar-refractivity contribution in [1.82, 2.24) is 19.4 Å². The van der Waals surface area contributed by atoms with E-state index in [1.807, 2.05) is 25.5 Å². The molecule has 1 aromatic heterocycles. The van der Waals surface area contributed by atoms with Gasteiger partial charge in [0.25, 0.3) is 5.91 Å². The van der Waals surface area contributed by atoms with Crippen LogP contribution < -0.4 is 5.32 Å². The first-order valence-electron chi connectivity index (χ1n) is 9.94. The highest BCUT2D eigenvalue weighted by Crippen LogP contribution is 2.25. The van der Waals surface area contributed by atoms with Gasteiger partial charge in [0.05, 0.1) is 21.2 Å². The number of amides is 1. The first-order valence-corrected chi connectivity index (χ1v) is 12.9. The largest absolute Gasteiger partial charge is 0.352 e. The predicted molar refractivity (Wildman–Crippen MR) is 121 cm³/mol. The smallest absolute Gasteiger partial charge is 0.252 e. The van der Waals surface area contributed by atoms with Gasteiger partial charge in [-0.2, -0.15) is 21.2 Å². The van der Waals surface area contributed by atoms with Crippen molar-refractivity contribution >= 4 is 39.3 Å². The number of sulfonamides is 1. The second-order valence-electron chi connectivity index (χ2n) is 7.13. The van der Waals surface area contributed by atoms with E-state index in [4.69, 9.17) is 11.6 Å². The van der Waals surface area contributed by atoms with Crippen LogP contribution in [0.25, 0.3) is 0 Å². The number of hydrogen-bond donors (Lipinski definition) is 1. The van der Waals surface area contributed by atoms with Gasteiger partial charge in [0, 0.05) is 43.4 Å². The van der Waals surface area contributed by atoms with Crippen LogP contribution in [-0.4, -0.2) is 59.6 Å². The van der Waals surface area contributed by atoms with Crippen molar-refractivity contribution in [3.05, 3.63) is 45.7 Å². The topological polar surface area (TPSA) is 84.3 Å². The number of carbonyl (C=O) groups excluding carboxylic acids is 1. The van der Waals surface area contributed by atoms with E-state index in [1.165, 1.54) is 22.5 Å². The third kappa shape index (κ3) is 4.85. The van der Waals surface area contributed by atoms with E-state index in [1.54, 1.807) is 11.8 Å². The van der Waals surface area contributed by atoms with Crippen LogP contribution in [0, 0.1) is 13.8 Å². The number of thioether (sulfide) groups is 1. The molecule has 1 amide bonds. The van der Waals surface area contributed by atoms with Crippen molar-refractivity contribution in [3.63, 3.8) is 0 Å². The molecule has 0 atom stereocenters. The molecule has 0 aliphatic carbocycles. The normalized spacial score (nSPS) is 15.3. The molecule has 7 nitrogen and oxygen atoms in total. The summed E-state index contributed by atoms with van der Waals surface area (Å²) in [5.74, 6) is 1.16. The van der Waals surface area contributed by atoms with Crippen molar-refractivity contribution in [2.24, 2.45) is 0 Å². The number of rotatable bonds is 7. The monoisotopic (exact) mass is 470 g/mol. The van der Waals surface area contributed by atoms with Crippen LogP contribution in [0.15, 0.2) is 23.1 Å². The van der Waals surface area contributed by atoms with Gasteiger partial charge in [0.2, 0.25) is 10.0 Å². The Labute approximate surface area is 187 Å². The second-order valence-corrected chi connectivity index (χ2v) is 10.7. The Balaban J connectivity index is 1.72. The standard InChI is InChI=1S/C20H27ClN4O3S2/c1-4-25-15(3)17(14(2)23-25)7-8-22-20(26)18-13-16(5-6-19(18)21)30(27,28)24-9-11-29-12-10-24/h5-6,13H,4,7-12H2,1-3H3,(H,22,26). The molecule has 1 aromatic carbocycles. The lowest BCUT2D eigenvalue weighted by atomic mass is 10.1. The Morgan fingerprint density at radius 1 is 1.27 bits per heavy atom. The summed E-state index contributed by atoms with van der Waals surface area (Å²) in [5, 5.41) is 7.58. The lowest BCUT2D eigenvalue weighted by molar-refractivity contribution is 0.0954. The fourth-order valence-electron chi connectivity index (χ4n) is 3.57. The van der Waals surface area contributed by atoms with Gasteiger partial charge in [0.1, 0.15) is 0 Å². The highest BCUT2D eigenvalue weighted by atomic mass is 35.5. The number of carbonyl (C=O) groups is 1. The van der Waals surface area contributed by atoms with E-state index in [-0.39, 0.29) is 21.4 Å². The van der Waals surface area contributed by atoms with Crippen LogP contribution in [0.1, 0.15) is 34.2 Å². The van der Waals surface area contributed by atoms with Crippen LogP contribution in [0.2, 0.25) is 5.02 Å². The van der Waals surface area contributed by atoms with Crippen molar-refractivity contribution in [1.29, 1.82) is 0 Å². The highest BCUT2D eigenvalue weighted by molar-refractivity contribution is 7.99. The zero-order chi connectivity index (χ0) is 21.9. The molecular formula is C20H27ClN4O3S2. The van der Waals surface area contributed by atoms with Gasteiger partial charge in [-0.1, -0.05) is 11.6 Å². The molecule has 1 N–H and O–H groups in total. The molecule has 0 radical (unpaired) electrons. The lowest BCUT2D eigenvalue weighted by Gasteiger charge is -2.25. The van der Waals surface area contributed by atoms with E-state index in [0.717, 1.165) is 35.0 Å². The van der Waals surface area contributed by atoms with Crippen LogP contribution in [0.3, 0.4) is 0 Å². The third-order valence-electron chi connectivity index (χ3n) is 5.28. The molecule has 0 spiro atoms. The fraction of sp³-hybridized carbons (Fsp3) is 0.500. The molecule has 0 bridgehead atoms. The summed E-state index contributed by atoms with van der Waals surface area (Å²) >= 11 is 7.94. The number of aryl methyl sites for hydroxylation is 2. The molecule has 1 aliphatic heterocycles. The SMILES string of the molecule is CCn1nc(C)c(CCNC(=O)c2cc(S(=O)(=O)N3CCSCC3)ccc2Cl)c1C. The number of halogens is 1. The quantitative estimate of drug-likeness (QED) is 0.672. The van der Waals surface area contributed by atoms with Gasteiger partial charge in [0.15, 0.2) is 0 Å². The van der Waals surface area contributed by atoms with Crippen LogP contribution in [0.4, 0.5) is 0 Å². The summed E-state index contributed by atoms with van der Waals surface area (Å²) < 4.78 is 29.2. The second kappa shape index (κ2) is 9.72. The number of benzene rings is 1. The summed E-state index contributed by atoms with van der Waals surface area (Å²) in [6.45, 7) is 8.17. The van der Waals surface area contributed by atoms with Gasteiger partial charge in [-0.3, -0.25) is 9.48 Å². The first kappa shape index (κ1) is 23.1. The van der Waals surface area contributed by atoms with Crippen molar-refractivity contribution in [3.8, 4) is 0 Å². The first-order chi connectivity index (χ1) is 14.3. The molecule has 0 unspecified atom stereocenters. The lowest BCUT2D eigenvalue weighted by Crippen LogP contribution is -2.38. The van der Waals surface area contributed by atoms with E-state index >= 15 is 0 Å². The molecule has 1 aliphatic rings. The minimum atomic E-state index is -3.64. The molecule has 30 heavy (non-hydrogen) atoms. The van der Waals surface area contributed by atoms with Crippen LogP contribution in [0.5, 0.6) is 0 Å². The number of hydrogen-bond acceptors (Lipinski definition) is 5. The summed E-state index contributed by atoms with van der Waals surface area (Å²) in [5.41, 5.74) is 3.33. The average Bonchev–Trinajstić information content (AvgIpc) is 3.02. The molecule has 0 saturated carbocycles. The maximum Gasteiger partial charge on any atom is 0.252 e. The Hall–Kier alpha value is -1.55.